The van der Waals surface area contributed by atoms with Crippen molar-refractivity contribution >= 4 is 5.91 Å². The van der Waals surface area contributed by atoms with Crippen LogP contribution < -0.4 is 20.5 Å². The molecular formula is C19H30N2O3. The van der Waals surface area contributed by atoms with E-state index in [4.69, 9.17) is 15.2 Å². The molecule has 0 aromatic heterocycles. The third kappa shape index (κ3) is 4.87. The molecule has 3 N–H and O–H groups in total. The Hall–Kier alpha value is -1.75. The Balaban J connectivity index is 1.95. The third-order valence-electron chi connectivity index (χ3n) is 4.69. The van der Waals surface area contributed by atoms with Gasteiger partial charge in [0.2, 0.25) is 5.91 Å². The van der Waals surface area contributed by atoms with Crippen LogP contribution in [0.4, 0.5) is 0 Å². The molecule has 134 valence electrons. The SMILES string of the molecule is CCCOc1ccc(C(C)NC(=O)C[C@@H]2CCC[C@H]2N)cc1OC. The molecule has 1 fully saturated rings. The largest absolute Gasteiger partial charge is 0.493 e. The van der Waals surface area contributed by atoms with Crippen molar-refractivity contribution in [3.05, 3.63) is 23.8 Å². The van der Waals surface area contributed by atoms with Gasteiger partial charge in [0.15, 0.2) is 11.5 Å². The second-order valence-electron chi connectivity index (χ2n) is 6.61. The number of rotatable bonds is 8. The van der Waals surface area contributed by atoms with Gasteiger partial charge in [-0.25, -0.2) is 0 Å². The quantitative estimate of drug-likeness (QED) is 0.766. The van der Waals surface area contributed by atoms with E-state index in [1.54, 1.807) is 7.11 Å². The fourth-order valence-corrected chi connectivity index (χ4v) is 3.23. The highest BCUT2D eigenvalue weighted by molar-refractivity contribution is 5.76. The highest BCUT2D eigenvalue weighted by Crippen LogP contribution is 2.31. The van der Waals surface area contributed by atoms with E-state index in [-0.39, 0.29) is 18.0 Å². The minimum absolute atomic E-state index is 0.0649. The lowest BCUT2D eigenvalue weighted by molar-refractivity contribution is -0.122. The van der Waals surface area contributed by atoms with Gasteiger partial charge in [0, 0.05) is 12.5 Å². The fraction of sp³-hybridized carbons (Fsp3) is 0.632. The van der Waals surface area contributed by atoms with Gasteiger partial charge in [0.1, 0.15) is 0 Å². The van der Waals surface area contributed by atoms with Crippen molar-refractivity contribution < 1.29 is 14.3 Å². The molecule has 2 rings (SSSR count). The normalized spacial score (nSPS) is 21.3. The number of carbonyl (C=O) groups is 1. The Morgan fingerprint density at radius 1 is 1.38 bits per heavy atom. The second-order valence-corrected chi connectivity index (χ2v) is 6.61. The van der Waals surface area contributed by atoms with Crippen LogP contribution in [0.5, 0.6) is 11.5 Å². The lowest BCUT2D eigenvalue weighted by atomic mass is 9.99. The summed E-state index contributed by atoms with van der Waals surface area (Å²) < 4.78 is 11.1. The number of nitrogens with two attached hydrogens (primary N) is 1. The zero-order valence-electron chi connectivity index (χ0n) is 15.0. The molecule has 5 heteroatoms. The second kappa shape index (κ2) is 8.92. The predicted molar refractivity (Wildman–Crippen MR) is 95.3 cm³/mol. The van der Waals surface area contributed by atoms with Gasteiger partial charge >= 0.3 is 0 Å². The van der Waals surface area contributed by atoms with E-state index in [9.17, 15) is 4.79 Å². The molecule has 24 heavy (non-hydrogen) atoms. The molecule has 0 aliphatic heterocycles. The maximum Gasteiger partial charge on any atom is 0.220 e. The summed E-state index contributed by atoms with van der Waals surface area (Å²) in [6.07, 6.45) is 4.68. The summed E-state index contributed by atoms with van der Waals surface area (Å²) in [5.41, 5.74) is 7.05. The number of hydrogen-bond donors (Lipinski definition) is 2. The minimum Gasteiger partial charge on any atom is -0.493 e. The molecule has 0 saturated heterocycles. The molecular weight excluding hydrogens is 304 g/mol. The standard InChI is InChI=1S/C19H30N2O3/c1-4-10-24-17-9-8-14(11-18(17)23-3)13(2)21-19(22)12-15-6-5-7-16(15)20/h8-9,11,13,15-16H,4-7,10,12,20H2,1-3H3,(H,21,22)/t13?,15-,16+/m0/s1. The average Bonchev–Trinajstić information content (AvgIpc) is 2.97. The van der Waals surface area contributed by atoms with Gasteiger partial charge in [-0.15, -0.1) is 0 Å². The number of methoxy groups -OCH3 is 1. The molecule has 0 bridgehead atoms. The Labute approximate surface area is 144 Å². The Kier molecular flexibility index (Phi) is 6.91. The van der Waals surface area contributed by atoms with Crippen molar-refractivity contribution in [1.82, 2.24) is 5.32 Å². The van der Waals surface area contributed by atoms with Crippen molar-refractivity contribution in [2.45, 2.75) is 58.0 Å². The summed E-state index contributed by atoms with van der Waals surface area (Å²) in [4.78, 5) is 12.3. The Morgan fingerprint density at radius 3 is 2.79 bits per heavy atom. The van der Waals surface area contributed by atoms with Crippen molar-refractivity contribution in [1.29, 1.82) is 0 Å². The number of carbonyl (C=O) groups excluding carboxylic acids is 1. The van der Waals surface area contributed by atoms with Crippen LogP contribution in [0, 0.1) is 5.92 Å². The summed E-state index contributed by atoms with van der Waals surface area (Å²) in [7, 11) is 1.63. The number of benzene rings is 1. The molecule has 1 amide bonds. The van der Waals surface area contributed by atoms with Gasteiger partial charge in [-0.3, -0.25) is 4.79 Å². The Bertz CT molecular complexity index is 547. The minimum atomic E-state index is -0.0794. The monoisotopic (exact) mass is 334 g/mol. The highest BCUT2D eigenvalue weighted by Gasteiger charge is 2.26. The van der Waals surface area contributed by atoms with E-state index in [0.29, 0.717) is 24.7 Å². The first kappa shape index (κ1) is 18.6. The van der Waals surface area contributed by atoms with E-state index >= 15 is 0 Å². The predicted octanol–water partition coefficient (Wildman–Crippen LogP) is 3.18. The van der Waals surface area contributed by atoms with Crippen LogP contribution in [0.15, 0.2) is 18.2 Å². The van der Waals surface area contributed by atoms with Gasteiger partial charge in [-0.2, -0.15) is 0 Å². The van der Waals surface area contributed by atoms with Gasteiger partial charge in [0.05, 0.1) is 19.8 Å². The molecule has 1 aromatic carbocycles. The zero-order chi connectivity index (χ0) is 17.5. The van der Waals surface area contributed by atoms with Crippen LogP contribution in [-0.4, -0.2) is 25.7 Å². The van der Waals surface area contributed by atoms with Gasteiger partial charge < -0.3 is 20.5 Å². The van der Waals surface area contributed by atoms with Crippen molar-refractivity contribution in [3.8, 4) is 11.5 Å². The first-order valence-electron chi connectivity index (χ1n) is 8.90. The van der Waals surface area contributed by atoms with Crippen LogP contribution in [0.3, 0.4) is 0 Å². The number of nitrogens with one attached hydrogen (secondary N) is 1. The third-order valence-corrected chi connectivity index (χ3v) is 4.69. The van der Waals surface area contributed by atoms with Gasteiger partial charge in [-0.1, -0.05) is 19.4 Å². The highest BCUT2D eigenvalue weighted by atomic mass is 16.5. The maximum atomic E-state index is 12.3. The van der Waals surface area contributed by atoms with E-state index < -0.39 is 0 Å². The fourth-order valence-electron chi connectivity index (χ4n) is 3.23. The van der Waals surface area contributed by atoms with Crippen molar-refractivity contribution in [3.63, 3.8) is 0 Å². The molecule has 3 atom stereocenters. The molecule has 5 nitrogen and oxygen atoms in total. The molecule has 1 unspecified atom stereocenters. The van der Waals surface area contributed by atoms with Crippen LogP contribution >= 0.6 is 0 Å². The lowest BCUT2D eigenvalue weighted by Gasteiger charge is -2.19. The topological polar surface area (TPSA) is 73.6 Å². The van der Waals surface area contributed by atoms with Crippen LogP contribution in [0.1, 0.15) is 57.6 Å². The lowest BCUT2D eigenvalue weighted by Crippen LogP contribution is -2.32. The van der Waals surface area contributed by atoms with Crippen LogP contribution in [0.2, 0.25) is 0 Å². The van der Waals surface area contributed by atoms with E-state index in [0.717, 1.165) is 37.0 Å². The molecule has 1 aliphatic carbocycles. The molecule has 1 saturated carbocycles. The van der Waals surface area contributed by atoms with E-state index in [2.05, 4.69) is 12.2 Å². The molecule has 0 radical (unpaired) electrons. The molecule has 0 spiro atoms. The van der Waals surface area contributed by atoms with Crippen molar-refractivity contribution in [2.75, 3.05) is 13.7 Å². The number of hydrogen-bond acceptors (Lipinski definition) is 4. The summed E-state index contributed by atoms with van der Waals surface area (Å²) in [6.45, 7) is 4.70. The van der Waals surface area contributed by atoms with Crippen LogP contribution in [0.25, 0.3) is 0 Å². The first-order chi connectivity index (χ1) is 11.5. The number of ether oxygens (including phenoxy) is 2. The summed E-state index contributed by atoms with van der Waals surface area (Å²) in [5, 5.41) is 3.07. The smallest absolute Gasteiger partial charge is 0.220 e. The van der Waals surface area contributed by atoms with Gasteiger partial charge in [-0.05, 0) is 49.8 Å². The molecule has 1 aliphatic rings. The van der Waals surface area contributed by atoms with Crippen LogP contribution in [-0.2, 0) is 4.79 Å². The maximum absolute atomic E-state index is 12.3. The molecule has 1 aromatic rings. The summed E-state index contributed by atoms with van der Waals surface area (Å²) >= 11 is 0. The van der Waals surface area contributed by atoms with Crippen molar-refractivity contribution in [2.24, 2.45) is 11.7 Å². The Morgan fingerprint density at radius 2 is 2.17 bits per heavy atom. The summed E-state index contributed by atoms with van der Waals surface area (Å²) in [6, 6.07) is 5.89. The zero-order valence-corrected chi connectivity index (χ0v) is 15.0. The molecule has 0 heterocycles. The van der Waals surface area contributed by atoms with Gasteiger partial charge in [0.25, 0.3) is 0 Å². The van der Waals surface area contributed by atoms with E-state index in [1.807, 2.05) is 25.1 Å². The average molecular weight is 334 g/mol. The van der Waals surface area contributed by atoms with E-state index in [1.165, 1.54) is 0 Å². The summed E-state index contributed by atoms with van der Waals surface area (Å²) in [5.74, 6) is 1.81. The number of amides is 1. The first-order valence-corrected chi connectivity index (χ1v) is 8.90.